The molecule has 0 heterocycles. The smallest absolute Gasteiger partial charge is 0.194 e. The van der Waals surface area contributed by atoms with Crippen LogP contribution in [0.4, 0.5) is 0 Å². The Labute approximate surface area is 29.0 Å². The van der Waals surface area contributed by atoms with Crippen LogP contribution in [0.5, 0.6) is 0 Å². The predicted octanol–water partition coefficient (Wildman–Crippen LogP) is 0.613. The fourth-order valence-electron chi connectivity index (χ4n) is 0. The molecule has 24 valence electrons. The lowest BCUT2D eigenvalue weighted by atomic mass is 13.5. The molecule has 0 aromatic rings. The normalized spacial score (nSPS) is 6.50. The summed E-state index contributed by atoms with van der Waals surface area (Å²) in [6.45, 7) is 0. The molecule has 1 atom stereocenters. The fraction of sp³-hybridized carbons (Fsp3) is 0. The van der Waals surface area contributed by atoms with E-state index in [1.54, 1.807) is 0 Å². The van der Waals surface area contributed by atoms with Crippen LogP contribution in [0.15, 0.2) is 0 Å². The average Bonchev–Trinajstić information content (AvgIpc) is 0.811. The molecule has 0 fully saturated rings. The molecule has 0 aromatic carbocycles. The van der Waals surface area contributed by atoms with Crippen LogP contribution < -0.4 is 0 Å². The molecule has 0 spiro atoms. The van der Waals surface area contributed by atoms with E-state index in [1.807, 2.05) is 9.39 Å². The van der Waals surface area contributed by atoms with Crippen molar-refractivity contribution in [2.24, 2.45) is 0 Å². The molecule has 0 rings (SSSR count). The quantitative estimate of drug-likeness (QED) is 0.319. The van der Waals surface area contributed by atoms with Crippen LogP contribution in [0, 0.1) is 5.21 Å². The Morgan fingerprint density at radius 1 is 2.00 bits per heavy atom. The SMILES string of the molecule is [O-][N+](=P)P. The summed E-state index contributed by atoms with van der Waals surface area (Å²) in [4.78, 5) is 0. The van der Waals surface area contributed by atoms with Gasteiger partial charge in [-0.1, -0.05) is 0 Å². The van der Waals surface area contributed by atoms with Crippen LogP contribution in [0.1, 0.15) is 0 Å². The van der Waals surface area contributed by atoms with Crippen LogP contribution in [0.2, 0.25) is 0 Å². The van der Waals surface area contributed by atoms with Gasteiger partial charge in [0.2, 0.25) is 0 Å². The number of rotatable bonds is 0. The maximum absolute atomic E-state index is 9.24. The van der Waals surface area contributed by atoms with E-state index >= 15 is 0 Å². The highest BCUT2D eigenvalue weighted by molar-refractivity contribution is 7.15. The van der Waals surface area contributed by atoms with E-state index in [1.165, 1.54) is 0 Å². The van der Waals surface area contributed by atoms with Crippen LogP contribution in [-0.4, -0.2) is 4.26 Å². The van der Waals surface area contributed by atoms with Gasteiger partial charge in [0.1, 0.15) is 0 Å². The molecule has 4 heavy (non-hydrogen) atoms. The summed E-state index contributed by atoms with van der Waals surface area (Å²) in [7, 11) is 4.40. The van der Waals surface area contributed by atoms with Gasteiger partial charge in [-0.2, -0.15) is 0 Å². The monoisotopic (exact) mass is 95.0 g/mol. The van der Waals surface area contributed by atoms with Gasteiger partial charge < -0.3 is 5.21 Å². The molecule has 0 radical (unpaired) electrons. The van der Waals surface area contributed by atoms with E-state index in [2.05, 4.69) is 9.03 Å². The standard InChI is InChI=1S/H3NOP2/c2-1(3)4/h3H,4H2. The van der Waals surface area contributed by atoms with Gasteiger partial charge >= 0.3 is 0 Å². The van der Waals surface area contributed by atoms with Crippen molar-refractivity contribution in [1.29, 1.82) is 0 Å². The largest absolute Gasteiger partial charge is 0.552 e. The molecule has 0 amide bonds. The van der Waals surface area contributed by atoms with Crippen molar-refractivity contribution >= 4 is 18.4 Å². The van der Waals surface area contributed by atoms with E-state index in [4.69, 9.17) is 0 Å². The Balaban J connectivity index is 2.80. The van der Waals surface area contributed by atoms with Gasteiger partial charge in [-0.15, -0.1) is 0 Å². The Hall–Kier alpha value is 0.490. The second kappa shape index (κ2) is 1.78. The zero-order valence-corrected chi connectivity index (χ0v) is 4.09. The van der Waals surface area contributed by atoms with Crippen molar-refractivity contribution in [1.82, 2.24) is 0 Å². The van der Waals surface area contributed by atoms with Gasteiger partial charge in [0.15, 0.2) is 18.4 Å². The van der Waals surface area contributed by atoms with Gasteiger partial charge in [0.25, 0.3) is 0 Å². The first kappa shape index (κ1) is 4.49. The van der Waals surface area contributed by atoms with E-state index in [0.29, 0.717) is 4.26 Å². The zero-order valence-electron chi connectivity index (χ0n) is 1.93. The lowest BCUT2D eigenvalue weighted by molar-refractivity contribution is -0.228. The average molecular weight is 95.0 g/mol. The van der Waals surface area contributed by atoms with E-state index < -0.39 is 0 Å². The summed E-state index contributed by atoms with van der Waals surface area (Å²) in [6, 6.07) is 0. The van der Waals surface area contributed by atoms with Gasteiger partial charge in [-0.25, -0.2) is 4.26 Å². The minimum absolute atomic E-state index is 0.472. The maximum atomic E-state index is 9.24. The van der Waals surface area contributed by atoms with Gasteiger partial charge in [-0.05, 0) is 0 Å². The van der Waals surface area contributed by atoms with Crippen LogP contribution in [-0.2, 0) is 0 Å². The summed E-state index contributed by atoms with van der Waals surface area (Å²) in [5, 5.41) is 9.24. The third-order valence-corrected chi connectivity index (χ3v) is 0. The van der Waals surface area contributed by atoms with Gasteiger partial charge in [0.05, 0.1) is 0 Å². The van der Waals surface area contributed by atoms with Crippen molar-refractivity contribution in [2.75, 3.05) is 0 Å². The molecule has 0 bridgehead atoms. The van der Waals surface area contributed by atoms with Crippen molar-refractivity contribution in [3.8, 4) is 0 Å². The number of hydrogen-bond acceptors (Lipinski definition) is 1. The number of nitrogens with zero attached hydrogens (tertiary/aromatic N) is 1. The Morgan fingerprint density at radius 2 is 2.00 bits per heavy atom. The van der Waals surface area contributed by atoms with Crippen LogP contribution in [0.25, 0.3) is 0 Å². The molecule has 1 unspecified atom stereocenters. The highest BCUT2D eigenvalue weighted by atomic mass is 31.1. The third kappa shape index (κ3) is 23.0. The molecule has 2 nitrogen and oxygen atoms in total. The van der Waals surface area contributed by atoms with Crippen LogP contribution in [0.3, 0.4) is 0 Å². The highest BCUT2D eigenvalue weighted by Gasteiger charge is 1.44. The maximum Gasteiger partial charge on any atom is 0.194 e. The first-order valence-electron chi connectivity index (χ1n) is 0.664. The van der Waals surface area contributed by atoms with E-state index in [-0.39, 0.29) is 0 Å². The van der Waals surface area contributed by atoms with Crippen molar-refractivity contribution in [2.45, 2.75) is 0 Å². The first-order valence-corrected chi connectivity index (χ1v) is 1.63. The third-order valence-electron chi connectivity index (χ3n) is 0. The van der Waals surface area contributed by atoms with Gasteiger partial charge in [-0.3, -0.25) is 0 Å². The lowest BCUT2D eigenvalue weighted by Gasteiger charge is -1.80. The molecule has 0 aliphatic carbocycles. The number of hydrogen-bond donors (Lipinski definition) is 0. The molecule has 0 saturated carbocycles. The van der Waals surface area contributed by atoms with Crippen molar-refractivity contribution in [3.63, 3.8) is 0 Å². The zero-order chi connectivity index (χ0) is 3.58. The second-order valence-electron chi connectivity index (χ2n) is 0.326. The minimum Gasteiger partial charge on any atom is -0.552 e. The fourth-order valence-corrected chi connectivity index (χ4v) is 0. The molecular weight excluding hydrogens is 92.0 g/mol. The summed E-state index contributed by atoms with van der Waals surface area (Å²) >= 11 is 0. The molecule has 0 aliphatic heterocycles. The summed E-state index contributed by atoms with van der Waals surface area (Å²) < 4.78 is 0.472. The topological polar surface area (TPSA) is 26.1 Å². The first-order chi connectivity index (χ1) is 1.73. The molecule has 4 heteroatoms. The Morgan fingerprint density at radius 3 is 2.00 bits per heavy atom. The Bertz CT molecular complexity index is 29.0. The lowest BCUT2D eigenvalue weighted by Crippen LogP contribution is -1.58. The molecule has 0 aliphatic rings. The van der Waals surface area contributed by atoms with Crippen molar-refractivity contribution in [3.05, 3.63) is 5.21 Å². The molecule has 0 N–H and O–H groups in total. The van der Waals surface area contributed by atoms with Crippen molar-refractivity contribution < 1.29 is 4.26 Å². The molecule has 0 saturated heterocycles. The summed E-state index contributed by atoms with van der Waals surface area (Å²) in [5.74, 6) is 0. The van der Waals surface area contributed by atoms with Gasteiger partial charge in [0, 0.05) is 0 Å². The van der Waals surface area contributed by atoms with E-state index in [9.17, 15) is 5.21 Å². The minimum atomic E-state index is 0.472. The highest BCUT2D eigenvalue weighted by Crippen LogP contribution is 1.81. The Kier molecular flexibility index (Phi) is 1.99. The second-order valence-corrected chi connectivity index (χ2v) is 1.75. The summed E-state index contributed by atoms with van der Waals surface area (Å²) in [6.07, 6.45) is 0. The predicted molar refractivity (Wildman–Crippen MR) is 21.7 cm³/mol. The summed E-state index contributed by atoms with van der Waals surface area (Å²) in [5.41, 5.74) is 0. The molecule has 0 aromatic heterocycles. The molecular formula is H3NOP2. The van der Waals surface area contributed by atoms with Crippen LogP contribution >= 0.6 is 18.4 Å². The van der Waals surface area contributed by atoms with E-state index in [0.717, 1.165) is 0 Å².